The van der Waals surface area contributed by atoms with E-state index in [9.17, 15) is 14.0 Å². The Morgan fingerprint density at radius 1 is 1.22 bits per heavy atom. The van der Waals surface area contributed by atoms with Crippen LogP contribution in [0.15, 0.2) is 48.7 Å². The van der Waals surface area contributed by atoms with Gasteiger partial charge in [-0.3, -0.25) is 9.78 Å². The molecule has 1 amide bonds. The van der Waals surface area contributed by atoms with E-state index in [1.54, 1.807) is 19.2 Å². The lowest BCUT2D eigenvalue weighted by molar-refractivity contribution is -0.144. The first-order chi connectivity index (χ1) is 17.4. The van der Waals surface area contributed by atoms with Crippen LogP contribution in [0.2, 0.25) is 0 Å². The molecule has 1 aliphatic heterocycles. The SMILES string of the molecule is CCOC(=O)N[C@@H]1CC[C@H]2[C@H](C1)C[C@@H]1C(=O)O[C@@H](C)[C@H]1[C@@H]2/C=C/c1ccc(-c2cccc(F)c2)cn1. The highest BCUT2D eigenvalue weighted by Crippen LogP contribution is 2.53. The number of aromatic nitrogens is 1. The van der Waals surface area contributed by atoms with E-state index in [0.29, 0.717) is 18.4 Å². The van der Waals surface area contributed by atoms with Crippen molar-refractivity contribution in [3.63, 3.8) is 0 Å². The number of rotatable bonds is 5. The predicted molar refractivity (Wildman–Crippen MR) is 134 cm³/mol. The molecule has 2 heterocycles. The van der Waals surface area contributed by atoms with E-state index in [2.05, 4.69) is 16.4 Å². The van der Waals surface area contributed by atoms with Crippen molar-refractivity contribution in [2.24, 2.45) is 29.6 Å². The Kier molecular flexibility index (Phi) is 7.08. The fraction of sp³-hybridized carbons (Fsp3) is 0.483. The van der Waals surface area contributed by atoms with Crippen molar-refractivity contribution in [3.8, 4) is 11.1 Å². The van der Waals surface area contributed by atoms with Gasteiger partial charge in [-0.25, -0.2) is 9.18 Å². The van der Waals surface area contributed by atoms with Crippen LogP contribution in [0, 0.1) is 35.4 Å². The highest BCUT2D eigenvalue weighted by Gasteiger charge is 2.54. The van der Waals surface area contributed by atoms with Gasteiger partial charge in [-0.05, 0) is 87.1 Å². The number of halogens is 1. The van der Waals surface area contributed by atoms with Crippen LogP contribution in [0.25, 0.3) is 17.2 Å². The van der Waals surface area contributed by atoms with Gasteiger partial charge in [0.15, 0.2) is 0 Å². The van der Waals surface area contributed by atoms with E-state index in [4.69, 9.17) is 9.47 Å². The third-order valence-corrected chi connectivity index (χ3v) is 8.18. The Balaban J connectivity index is 1.34. The molecule has 2 aliphatic carbocycles. The zero-order chi connectivity index (χ0) is 25.2. The Labute approximate surface area is 211 Å². The highest BCUT2D eigenvalue weighted by atomic mass is 19.1. The maximum absolute atomic E-state index is 13.6. The number of amides is 1. The summed E-state index contributed by atoms with van der Waals surface area (Å²) in [5.74, 6) is 0.629. The van der Waals surface area contributed by atoms with Crippen LogP contribution in [0.5, 0.6) is 0 Å². The molecule has 1 aromatic carbocycles. The number of hydrogen-bond donors (Lipinski definition) is 1. The largest absolute Gasteiger partial charge is 0.462 e. The average molecular weight is 493 g/mol. The first-order valence-electron chi connectivity index (χ1n) is 13.0. The summed E-state index contributed by atoms with van der Waals surface area (Å²) in [5.41, 5.74) is 2.48. The number of carbonyl (C=O) groups excluding carboxylic acids is 2. The summed E-state index contributed by atoms with van der Waals surface area (Å²) in [6.45, 7) is 4.15. The number of fused-ring (bicyclic) bond motifs is 2. The molecule has 36 heavy (non-hydrogen) atoms. The van der Waals surface area contributed by atoms with E-state index in [-0.39, 0.29) is 47.8 Å². The summed E-state index contributed by atoms with van der Waals surface area (Å²) >= 11 is 0. The smallest absolute Gasteiger partial charge is 0.407 e. The number of cyclic esters (lactones) is 1. The molecule has 0 radical (unpaired) electrons. The third kappa shape index (κ3) is 5.01. The van der Waals surface area contributed by atoms with E-state index >= 15 is 0 Å². The number of esters is 1. The van der Waals surface area contributed by atoms with Crippen molar-refractivity contribution in [3.05, 3.63) is 60.2 Å². The first-order valence-corrected chi connectivity index (χ1v) is 13.0. The Morgan fingerprint density at radius 3 is 2.83 bits per heavy atom. The summed E-state index contributed by atoms with van der Waals surface area (Å²) < 4.78 is 24.3. The second-order valence-electron chi connectivity index (χ2n) is 10.3. The van der Waals surface area contributed by atoms with Crippen molar-refractivity contribution >= 4 is 18.1 Å². The van der Waals surface area contributed by atoms with Gasteiger partial charge in [0.05, 0.1) is 18.2 Å². The van der Waals surface area contributed by atoms with Crippen LogP contribution in [-0.4, -0.2) is 35.8 Å². The average Bonchev–Trinajstić information content (AvgIpc) is 3.15. The summed E-state index contributed by atoms with van der Waals surface area (Å²) in [5, 5.41) is 3.00. The van der Waals surface area contributed by atoms with Gasteiger partial charge in [-0.1, -0.05) is 24.3 Å². The van der Waals surface area contributed by atoms with Gasteiger partial charge >= 0.3 is 12.1 Å². The Bertz CT molecular complexity index is 1130. The molecule has 7 heteroatoms. The van der Waals surface area contributed by atoms with E-state index in [1.165, 1.54) is 12.1 Å². The molecule has 0 unspecified atom stereocenters. The summed E-state index contributed by atoms with van der Waals surface area (Å²) in [6, 6.07) is 10.4. The fourth-order valence-corrected chi connectivity index (χ4v) is 6.64. The molecule has 5 rings (SSSR count). The molecule has 1 aromatic heterocycles. The van der Waals surface area contributed by atoms with Gasteiger partial charge in [0.25, 0.3) is 0 Å². The minimum Gasteiger partial charge on any atom is -0.462 e. The number of hydrogen-bond acceptors (Lipinski definition) is 5. The number of pyridine rings is 1. The van der Waals surface area contributed by atoms with E-state index < -0.39 is 0 Å². The number of ether oxygens (including phenoxy) is 2. The van der Waals surface area contributed by atoms with Crippen LogP contribution in [-0.2, 0) is 14.3 Å². The number of nitrogens with one attached hydrogen (secondary N) is 1. The van der Waals surface area contributed by atoms with Gasteiger partial charge in [-0.15, -0.1) is 0 Å². The molecule has 2 aromatic rings. The standard InChI is InChI=1S/C29H33FN2O4/c1-3-35-29(34)32-23-10-11-24-20(14-23)15-26-27(17(2)36-28(26)33)25(24)12-9-22-8-7-19(16-31-22)18-5-4-6-21(30)13-18/h4-9,12-13,16-17,20,23-27H,3,10-11,14-15H2,1-2H3,(H,32,34)/b12-9+/t17-,20+,23+,24-,25+,26-,27-/m0/s1. The van der Waals surface area contributed by atoms with Gasteiger partial charge in [0, 0.05) is 23.7 Å². The Hall–Kier alpha value is -3.22. The van der Waals surface area contributed by atoms with Crippen LogP contribution in [0.3, 0.4) is 0 Å². The molecule has 190 valence electrons. The van der Waals surface area contributed by atoms with Gasteiger partial charge in [-0.2, -0.15) is 0 Å². The molecule has 0 spiro atoms. The minimum absolute atomic E-state index is 0.0679. The second-order valence-corrected chi connectivity index (χ2v) is 10.3. The number of carbonyl (C=O) groups is 2. The lowest BCUT2D eigenvalue weighted by Gasteiger charge is -2.47. The van der Waals surface area contributed by atoms with Gasteiger partial charge < -0.3 is 14.8 Å². The molecule has 1 N–H and O–H groups in total. The summed E-state index contributed by atoms with van der Waals surface area (Å²) in [4.78, 5) is 29.2. The van der Waals surface area contributed by atoms with E-state index in [0.717, 1.165) is 42.5 Å². The van der Waals surface area contributed by atoms with E-state index in [1.807, 2.05) is 31.2 Å². The van der Waals surface area contributed by atoms with Crippen LogP contribution < -0.4 is 5.32 Å². The maximum Gasteiger partial charge on any atom is 0.407 e. The van der Waals surface area contributed by atoms with Crippen molar-refractivity contribution in [1.82, 2.24) is 10.3 Å². The Morgan fingerprint density at radius 2 is 2.08 bits per heavy atom. The van der Waals surface area contributed by atoms with Gasteiger partial charge in [0.1, 0.15) is 11.9 Å². The molecule has 7 atom stereocenters. The minimum atomic E-state index is -0.368. The molecule has 2 saturated carbocycles. The maximum atomic E-state index is 13.6. The van der Waals surface area contributed by atoms with Crippen molar-refractivity contribution in [2.75, 3.05) is 6.61 Å². The van der Waals surface area contributed by atoms with Crippen LogP contribution in [0.4, 0.5) is 9.18 Å². The molecule has 3 fully saturated rings. The quantitative estimate of drug-likeness (QED) is 0.548. The van der Waals surface area contributed by atoms with Crippen molar-refractivity contribution in [1.29, 1.82) is 0 Å². The zero-order valence-electron chi connectivity index (χ0n) is 20.7. The van der Waals surface area contributed by atoms with Crippen LogP contribution in [0.1, 0.15) is 45.2 Å². The normalized spacial score (nSPS) is 31.4. The number of nitrogens with zero attached hydrogens (tertiary/aromatic N) is 1. The fourth-order valence-electron chi connectivity index (χ4n) is 6.64. The topological polar surface area (TPSA) is 77.5 Å². The predicted octanol–water partition coefficient (Wildman–Crippen LogP) is 5.63. The number of alkyl carbamates (subject to hydrolysis) is 1. The molecule has 3 aliphatic rings. The molecule has 6 nitrogen and oxygen atoms in total. The van der Waals surface area contributed by atoms with Crippen molar-refractivity contribution in [2.45, 2.75) is 51.7 Å². The summed E-state index contributed by atoms with van der Waals surface area (Å²) in [7, 11) is 0. The van der Waals surface area contributed by atoms with Crippen molar-refractivity contribution < 1.29 is 23.5 Å². The van der Waals surface area contributed by atoms with Gasteiger partial charge in [0.2, 0.25) is 0 Å². The first kappa shape index (κ1) is 24.5. The van der Waals surface area contributed by atoms with Crippen LogP contribution >= 0.6 is 0 Å². The third-order valence-electron chi connectivity index (χ3n) is 8.18. The number of benzene rings is 1. The summed E-state index contributed by atoms with van der Waals surface area (Å²) in [6.07, 6.45) is 9.07. The lowest BCUT2D eigenvalue weighted by atomic mass is 9.57. The monoisotopic (exact) mass is 492 g/mol. The molecular weight excluding hydrogens is 459 g/mol. The molecular formula is C29H33FN2O4. The lowest BCUT2D eigenvalue weighted by Crippen LogP contribution is -2.48. The molecule has 0 bridgehead atoms. The molecule has 1 saturated heterocycles. The number of allylic oxidation sites excluding steroid dienone is 1. The second kappa shape index (κ2) is 10.4. The zero-order valence-corrected chi connectivity index (χ0v) is 20.7. The highest BCUT2D eigenvalue weighted by molar-refractivity contribution is 5.75.